The SMILES string of the molecule is c1ccc(-n2c3ccccc3c3c(-c4nc5ccccc5nc4-n4c5ccc(-n6c7ccccc7c7ccccc76)cc5c5c6ccccc6ccc54)cccc32)cc1. The molecule has 0 N–H and O–H groups in total. The lowest BCUT2D eigenvalue weighted by Crippen LogP contribution is -2.04. The van der Waals surface area contributed by atoms with Crippen LogP contribution in [0.1, 0.15) is 0 Å². The summed E-state index contributed by atoms with van der Waals surface area (Å²) in [4.78, 5) is 11.1. The van der Waals surface area contributed by atoms with Crippen molar-refractivity contribution in [3.05, 3.63) is 200 Å². The molecule has 5 nitrogen and oxygen atoms in total. The van der Waals surface area contributed by atoms with Gasteiger partial charge in [0.05, 0.1) is 44.1 Å². The Hall–Kier alpha value is -8.02. The number of para-hydroxylation sites is 6. The van der Waals surface area contributed by atoms with Gasteiger partial charge in [0.15, 0.2) is 5.82 Å². The van der Waals surface area contributed by atoms with Gasteiger partial charge in [0.25, 0.3) is 0 Å². The van der Waals surface area contributed by atoms with Crippen molar-refractivity contribution < 1.29 is 0 Å². The van der Waals surface area contributed by atoms with Crippen molar-refractivity contribution in [2.75, 3.05) is 0 Å². The first-order valence-corrected chi connectivity index (χ1v) is 20.1. The molecule has 13 aromatic rings. The van der Waals surface area contributed by atoms with E-state index < -0.39 is 0 Å². The molecule has 0 aliphatic rings. The molecule has 0 aliphatic carbocycles. The van der Waals surface area contributed by atoms with Crippen LogP contribution < -0.4 is 0 Å². The van der Waals surface area contributed by atoms with Crippen LogP contribution in [-0.4, -0.2) is 23.7 Å². The third-order valence-electron chi connectivity index (χ3n) is 12.2. The van der Waals surface area contributed by atoms with Crippen molar-refractivity contribution in [2.24, 2.45) is 0 Å². The summed E-state index contributed by atoms with van der Waals surface area (Å²) in [7, 11) is 0. The number of rotatable bonds is 4. The molecule has 9 aromatic carbocycles. The van der Waals surface area contributed by atoms with Gasteiger partial charge in [0, 0.05) is 49.3 Å². The van der Waals surface area contributed by atoms with Crippen LogP contribution in [0.2, 0.25) is 0 Å². The smallest absolute Gasteiger partial charge is 0.165 e. The molecule has 274 valence electrons. The second kappa shape index (κ2) is 12.2. The predicted molar refractivity (Wildman–Crippen MR) is 245 cm³/mol. The Balaban J connectivity index is 1.16. The molecule has 0 bridgehead atoms. The van der Waals surface area contributed by atoms with Crippen molar-refractivity contribution in [3.63, 3.8) is 0 Å². The van der Waals surface area contributed by atoms with E-state index in [4.69, 9.17) is 9.97 Å². The van der Waals surface area contributed by atoms with Crippen LogP contribution in [0.15, 0.2) is 200 Å². The van der Waals surface area contributed by atoms with Gasteiger partial charge in [-0.15, -0.1) is 0 Å². The molecule has 4 aromatic heterocycles. The van der Waals surface area contributed by atoms with Crippen molar-refractivity contribution in [2.45, 2.75) is 0 Å². The molecular weight excluding hydrogens is 719 g/mol. The van der Waals surface area contributed by atoms with Crippen LogP contribution in [0.5, 0.6) is 0 Å². The van der Waals surface area contributed by atoms with E-state index in [9.17, 15) is 0 Å². The number of fused-ring (bicyclic) bond motifs is 12. The largest absolute Gasteiger partial charge is 0.309 e. The zero-order valence-corrected chi connectivity index (χ0v) is 31.8. The Morgan fingerprint density at radius 1 is 0.305 bits per heavy atom. The zero-order chi connectivity index (χ0) is 38.6. The number of hydrogen-bond acceptors (Lipinski definition) is 2. The summed E-state index contributed by atoms with van der Waals surface area (Å²) in [6, 6.07) is 71.8. The maximum absolute atomic E-state index is 5.57. The van der Waals surface area contributed by atoms with Gasteiger partial charge in [-0.2, -0.15) is 0 Å². The normalized spacial score (nSPS) is 12.1. The molecule has 4 heterocycles. The molecule has 0 unspecified atom stereocenters. The average Bonchev–Trinajstić information content (AvgIpc) is 3.94. The van der Waals surface area contributed by atoms with Crippen LogP contribution in [0, 0.1) is 0 Å². The Bertz CT molecular complexity index is 3800. The highest BCUT2D eigenvalue weighted by Gasteiger charge is 2.24. The quantitative estimate of drug-likeness (QED) is 0.180. The van der Waals surface area contributed by atoms with E-state index in [1.165, 1.54) is 43.4 Å². The molecule has 0 aliphatic heterocycles. The predicted octanol–water partition coefficient (Wildman–Crippen LogP) is 13.7. The van der Waals surface area contributed by atoms with E-state index in [0.717, 1.165) is 72.3 Å². The lowest BCUT2D eigenvalue weighted by Gasteiger charge is -2.15. The van der Waals surface area contributed by atoms with Crippen molar-refractivity contribution in [1.82, 2.24) is 23.7 Å². The molecular formula is C54H33N5. The highest BCUT2D eigenvalue weighted by molar-refractivity contribution is 6.23. The molecule has 0 atom stereocenters. The second-order valence-electron chi connectivity index (χ2n) is 15.4. The second-order valence-corrected chi connectivity index (χ2v) is 15.4. The topological polar surface area (TPSA) is 40.6 Å². The molecule has 0 fully saturated rings. The zero-order valence-electron chi connectivity index (χ0n) is 31.8. The monoisotopic (exact) mass is 751 g/mol. The van der Waals surface area contributed by atoms with Crippen molar-refractivity contribution >= 4 is 87.2 Å². The third-order valence-corrected chi connectivity index (χ3v) is 12.2. The molecule has 0 radical (unpaired) electrons. The first-order valence-electron chi connectivity index (χ1n) is 20.1. The van der Waals surface area contributed by atoms with Crippen molar-refractivity contribution in [3.8, 4) is 28.5 Å². The number of nitrogens with zero attached hydrogens (tertiary/aromatic N) is 5. The van der Waals surface area contributed by atoms with E-state index >= 15 is 0 Å². The molecule has 0 amide bonds. The lowest BCUT2D eigenvalue weighted by atomic mass is 10.0. The Labute approximate surface area is 338 Å². The summed E-state index contributed by atoms with van der Waals surface area (Å²) in [6.07, 6.45) is 0. The highest BCUT2D eigenvalue weighted by atomic mass is 15.1. The van der Waals surface area contributed by atoms with Gasteiger partial charge in [-0.25, -0.2) is 9.97 Å². The lowest BCUT2D eigenvalue weighted by molar-refractivity contribution is 1.08. The van der Waals surface area contributed by atoms with Crippen LogP contribution in [0.4, 0.5) is 0 Å². The summed E-state index contributed by atoms with van der Waals surface area (Å²) >= 11 is 0. The fourth-order valence-electron chi connectivity index (χ4n) is 9.75. The summed E-state index contributed by atoms with van der Waals surface area (Å²) in [5.41, 5.74) is 12.6. The fourth-order valence-corrected chi connectivity index (χ4v) is 9.75. The van der Waals surface area contributed by atoms with Crippen molar-refractivity contribution in [1.29, 1.82) is 0 Å². The number of aromatic nitrogens is 5. The van der Waals surface area contributed by atoms with Gasteiger partial charge in [-0.1, -0.05) is 127 Å². The highest BCUT2D eigenvalue weighted by Crippen LogP contribution is 2.44. The van der Waals surface area contributed by atoms with Gasteiger partial charge in [0.2, 0.25) is 0 Å². The summed E-state index contributed by atoms with van der Waals surface area (Å²) in [6.45, 7) is 0. The Morgan fingerprint density at radius 3 is 1.61 bits per heavy atom. The standard InChI is InChI=1S/C54H33N5/c1-2-16-35(17-3-1)57-47-27-13-8-21-40(47)52-41(22-14-28-49(52)57)53-54(56-44-24-10-9-23-43(44)55-53)59-48-32-30-36(33-42(48)51-37-18-5-4-15-34(37)29-31-50(51)59)58-45-25-11-6-19-38(45)39-20-7-12-26-46(39)58/h1-33H. The van der Waals surface area contributed by atoms with E-state index in [0.29, 0.717) is 0 Å². The van der Waals surface area contributed by atoms with E-state index in [1.807, 2.05) is 12.1 Å². The van der Waals surface area contributed by atoms with Gasteiger partial charge in [-0.3, -0.25) is 4.57 Å². The fraction of sp³-hybridized carbons (Fsp3) is 0. The third kappa shape index (κ3) is 4.55. The van der Waals surface area contributed by atoms with Crippen LogP contribution in [-0.2, 0) is 0 Å². The van der Waals surface area contributed by atoms with E-state index in [2.05, 4.69) is 202 Å². The first-order chi connectivity index (χ1) is 29.3. The minimum atomic E-state index is 0.799. The van der Waals surface area contributed by atoms with E-state index in [-0.39, 0.29) is 0 Å². The molecule has 0 saturated carbocycles. The maximum Gasteiger partial charge on any atom is 0.165 e. The first kappa shape index (κ1) is 32.1. The van der Waals surface area contributed by atoms with Gasteiger partial charge in [0.1, 0.15) is 5.69 Å². The summed E-state index contributed by atoms with van der Waals surface area (Å²) < 4.78 is 7.13. The summed E-state index contributed by atoms with van der Waals surface area (Å²) in [5, 5.41) is 9.58. The minimum Gasteiger partial charge on any atom is -0.309 e. The van der Waals surface area contributed by atoms with Crippen LogP contribution in [0.3, 0.4) is 0 Å². The van der Waals surface area contributed by atoms with Crippen LogP contribution in [0.25, 0.3) is 116 Å². The molecule has 5 heteroatoms. The minimum absolute atomic E-state index is 0.799. The van der Waals surface area contributed by atoms with Crippen LogP contribution >= 0.6 is 0 Å². The van der Waals surface area contributed by atoms with Gasteiger partial charge in [-0.05, 0) is 83.6 Å². The molecule has 13 rings (SSSR count). The molecule has 0 spiro atoms. The number of benzene rings is 9. The molecule has 0 saturated heterocycles. The Kier molecular flexibility index (Phi) is 6.66. The average molecular weight is 752 g/mol. The molecule has 59 heavy (non-hydrogen) atoms. The van der Waals surface area contributed by atoms with Gasteiger partial charge < -0.3 is 9.13 Å². The Morgan fingerprint density at radius 2 is 0.847 bits per heavy atom. The van der Waals surface area contributed by atoms with Gasteiger partial charge >= 0.3 is 0 Å². The summed E-state index contributed by atoms with van der Waals surface area (Å²) in [5.74, 6) is 0.799. The maximum atomic E-state index is 5.57. The van der Waals surface area contributed by atoms with E-state index in [1.54, 1.807) is 0 Å². The number of hydrogen-bond donors (Lipinski definition) is 0.